The summed E-state index contributed by atoms with van der Waals surface area (Å²) < 4.78 is 3.01. The summed E-state index contributed by atoms with van der Waals surface area (Å²) in [6, 6.07) is 45.5. The summed E-state index contributed by atoms with van der Waals surface area (Å²) in [5, 5.41) is 8.45. The van der Waals surface area contributed by atoms with Crippen LogP contribution < -0.4 is 10.6 Å². The highest BCUT2D eigenvalue weighted by Gasteiger charge is 2.53. The fraction of sp³-hybridized carbons (Fsp3) is 0.294. The summed E-state index contributed by atoms with van der Waals surface area (Å²) in [5.41, 5.74) is 2.93. The van der Waals surface area contributed by atoms with Gasteiger partial charge in [0.15, 0.2) is 0 Å². The average Bonchev–Trinajstić information content (AvgIpc) is 3.36. The Bertz CT molecular complexity index is 1190. The highest BCUT2D eigenvalue weighted by molar-refractivity contribution is 7.79. The highest BCUT2D eigenvalue weighted by Crippen LogP contribution is 2.76. The zero-order chi connectivity index (χ0) is 26.4. The Morgan fingerprint density at radius 1 is 0.641 bits per heavy atom. The summed E-state index contributed by atoms with van der Waals surface area (Å²) in [5.74, 6) is 0.752. The summed E-state index contributed by atoms with van der Waals surface area (Å²) >= 11 is 0. The molecule has 5 heteroatoms. The molecule has 3 atom stereocenters. The van der Waals surface area contributed by atoms with E-state index in [1.807, 2.05) is 0 Å². The molecule has 0 radical (unpaired) electrons. The van der Waals surface area contributed by atoms with Crippen molar-refractivity contribution in [3.8, 4) is 0 Å². The molecule has 2 aliphatic rings. The van der Waals surface area contributed by atoms with Crippen LogP contribution in [0.2, 0.25) is 0 Å². The van der Waals surface area contributed by atoms with Gasteiger partial charge < -0.3 is 0 Å². The van der Waals surface area contributed by atoms with Crippen LogP contribution in [0.5, 0.6) is 0 Å². The Labute approximate surface area is 237 Å². The standard InChI is InChI=1S/C34H39N3P2/c1-2-3-28-37(38(31-22-12-6-13-23-31)32-24-14-7-15-25-32)39-33(29-18-8-4-9-19-29)35-26-16-17-27-36(35)34(39)30-20-10-5-11-21-30/h4-15,18-25,33-34H,2-3,16-17,26-28H2,1H3/t33-,34?,39?/m1/s1. The number of fused-ring (bicyclic) bond motifs is 1. The first kappa shape index (κ1) is 26.8. The Morgan fingerprint density at radius 2 is 1.05 bits per heavy atom. The molecule has 4 aromatic rings. The second kappa shape index (κ2) is 12.9. The van der Waals surface area contributed by atoms with E-state index in [0.29, 0.717) is 11.6 Å². The van der Waals surface area contributed by atoms with E-state index in [9.17, 15) is 0 Å². The summed E-state index contributed by atoms with van der Waals surface area (Å²) in [6.45, 7) is 5.73. The molecule has 2 unspecified atom stereocenters. The molecule has 0 aromatic heterocycles. The van der Waals surface area contributed by atoms with Crippen LogP contribution >= 0.6 is 16.1 Å². The van der Waals surface area contributed by atoms with Gasteiger partial charge in [-0.1, -0.05) is 135 Å². The molecule has 3 nitrogen and oxygen atoms in total. The Balaban J connectivity index is 1.57. The molecule has 0 spiro atoms. The first-order valence-corrected chi connectivity index (χ1v) is 17.2. The van der Waals surface area contributed by atoms with Crippen LogP contribution in [0, 0.1) is 0 Å². The van der Waals surface area contributed by atoms with Gasteiger partial charge in [0.2, 0.25) is 0 Å². The van der Waals surface area contributed by atoms with Crippen molar-refractivity contribution in [1.29, 1.82) is 0 Å². The van der Waals surface area contributed by atoms with Crippen molar-refractivity contribution in [2.75, 3.05) is 19.6 Å². The van der Waals surface area contributed by atoms with Crippen molar-refractivity contribution in [2.45, 2.75) is 44.2 Å². The van der Waals surface area contributed by atoms with Crippen molar-refractivity contribution < 1.29 is 0 Å². The quantitative estimate of drug-likeness (QED) is 0.194. The van der Waals surface area contributed by atoms with Gasteiger partial charge in [-0.05, 0) is 41.0 Å². The van der Waals surface area contributed by atoms with E-state index < -0.39 is 16.1 Å². The lowest BCUT2D eigenvalue weighted by Crippen LogP contribution is -2.43. The number of hydrogen-bond donors (Lipinski definition) is 0. The Morgan fingerprint density at radius 3 is 1.46 bits per heavy atom. The van der Waals surface area contributed by atoms with Crippen LogP contribution in [0.25, 0.3) is 0 Å². The normalized spacial score (nSPS) is 21.9. The Hall–Kier alpha value is -2.38. The van der Waals surface area contributed by atoms with Gasteiger partial charge in [-0.15, -0.1) is 0 Å². The maximum Gasteiger partial charge on any atom is 0.0847 e. The molecule has 0 N–H and O–H groups in total. The van der Waals surface area contributed by atoms with Crippen LogP contribution in [-0.2, 0) is 0 Å². The fourth-order valence-electron chi connectivity index (χ4n) is 6.06. The lowest BCUT2D eigenvalue weighted by molar-refractivity contribution is -0.0531. The van der Waals surface area contributed by atoms with Crippen molar-refractivity contribution in [2.24, 2.45) is 0 Å². The number of hydrazine groups is 1. The zero-order valence-corrected chi connectivity index (χ0v) is 24.7. The van der Waals surface area contributed by atoms with Crippen molar-refractivity contribution in [1.82, 2.24) is 14.5 Å². The smallest absolute Gasteiger partial charge is 0.0847 e. The third-order valence-electron chi connectivity index (χ3n) is 7.83. The fourth-order valence-corrected chi connectivity index (χ4v) is 13.3. The SMILES string of the molecule is CCCCN(P(c1ccccc1)c1ccccc1)P1C(c2ccccc2)N2CCCCN2[C@H]1c1ccccc1. The molecule has 2 aliphatic heterocycles. The minimum atomic E-state index is -0.690. The predicted octanol–water partition coefficient (Wildman–Crippen LogP) is 8.26. The number of rotatable bonds is 9. The molecule has 0 saturated carbocycles. The molecular formula is C34H39N3P2. The largest absolute Gasteiger partial charge is 0.249 e. The molecule has 39 heavy (non-hydrogen) atoms. The highest BCUT2D eigenvalue weighted by atomic mass is 31.2. The van der Waals surface area contributed by atoms with E-state index in [1.165, 1.54) is 47.4 Å². The van der Waals surface area contributed by atoms with Crippen LogP contribution in [0.1, 0.15) is 55.3 Å². The monoisotopic (exact) mass is 551 g/mol. The van der Waals surface area contributed by atoms with E-state index >= 15 is 0 Å². The summed E-state index contributed by atoms with van der Waals surface area (Å²) in [7, 11) is -1.31. The van der Waals surface area contributed by atoms with Gasteiger partial charge in [-0.3, -0.25) is 0 Å². The molecule has 0 amide bonds. The molecule has 2 heterocycles. The molecule has 0 aliphatic carbocycles. The van der Waals surface area contributed by atoms with Crippen LogP contribution in [0.3, 0.4) is 0 Å². The lowest BCUT2D eigenvalue weighted by Gasteiger charge is -2.42. The average molecular weight is 552 g/mol. The van der Waals surface area contributed by atoms with Gasteiger partial charge in [0.1, 0.15) is 0 Å². The molecule has 4 aromatic carbocycles. The van der Waals surface area contributed by atoms with Gasteiger partial charge in [-0.25, -0.2) is 14.5 Å². The maximum atomic E-state index is 3.01. The minimum absolute atomic E-state index is 0.376. The van der Waals surface area contributed by atoms with E-state index in [0.717, 1.165) is 19.6 Å². The van der Waals surface area contributed by atoms with E-state index in [-0.39, 0.29) is 0 Å². The van der Waals surface area contributed by atoms with Crippen molar-refractivity contribution >= 4 is 26.8 Å². The molecule has 200 valence electrons. The minimum Gasteiger partial charge on any atom is -0.249 e. The van der Waals surface area contributed by atoms with Gasteiger partial charge in [0.05, 0.1) is 11.6 Å². The van der Waals surface area contributed by atoms with Gasteiger partial charge in [0, 0.05) is 35.8 Å². The first-order valence-electron chi connectivity index (χ1n) is 14.5. The van der Waals surface area contributed by atoms with Crippen molar-refractivity contribution in [3.05, 3.63) is 132 Å². The second-order valence-corrected chi connectivity index (χ2v) is 15.1. The van der Waals surface area contributed by atoms with Crippen molar-refractivity contribution in [3.63, 3.8) is 0 Å². The van der Waals surface area contributed by atoms with Gasteiger partial charge >= 0.3 is 0 Å². The molecule has 6 rings (SSSR count). The maximum absolute atomic E-state index is 3.01. The second-order valence-electron chi connectivity index (χ2n) is 10.4. The molecule has 2 fully saturated rings. The van der Waals surface area contributed by atoms with Crippen LogP contribution in [0.15, 0.2) is 121 Å². The predicted molar refractivity (Wildman–Crippen MR) is 169 cm³/mol. The molecule has 2 saturated heterocycles. The number of hydrogen-bond acceptors (Lipinski definition) is 3. The summed E-state index contributed by atoms with van der Waals surface area (Å²) in [4.78, 5) is 0. The first-order chi connectivity index (χ1) is 19.4. The van der Waals surface area contributed by atoms with Gasteiger partial charge in [0.25, 0.3) is 0 Å². The lowest BCUT2D eigenvalue weighted by atomic mass is 10.1. The van der Waals surface area contributed by atoms with Crippen LogP contribution in [0.4, 0.5) is 0 Å². The number of unbranched alkanes of at least 4 members (excludes halogenated alkanes) is 1. The topological polar surface area (TPSA) is 9.72 Å². The third kappa shape index (κ3) is 5.62. The Kier molecular flexibility index (Phi) is 8.84. The number of nitrogens with zero attached hydrogens (tertiary/aromatic N) is 3. The van der Waals surface area contributed by atoms with E-state index in [2.05, 4.69) is 143 Å². The molecular weight excluding hydrogens is 512 g/mol. The van der Waals surface area contributed by atoms with Crippen LogP contribution in [-0.4, -0.2) is 34.1 Å². The van der Waals surface area contributed by atoms with Gasteiger partial charge in [-0.2, -0.15) is 0 Å². The zero-order valence-electron chi connectivity index (χ0n) is 22.9. The number of benzene rings is 4. The van der Waals surface area contributed by atoms with E-state index in [4.69, 9.17) is 0 Å². The van der Waals surface area contributed by atoms with E-state index in [1.54, 1.807) is 0 Å². The summed E-state index contributed by atoms with van der Waals surface area (Å²) in [6.07, 6.45) is 4.95. The molecule has 0 bridgehead atoms. The third-order valence-corrected chi connectivity index (χ3v) is 14.1.